The molecule has 1 amide bonds. The topological polar surface area (TPSA) is 49.4 Å². The molecule has 0 fully saturated rings. The molecule has 1 unspecified atom stereocenters. The lowest BCUT2D eigenvalue weighted by Crippen LogP contribution is -2.28. The third-order valence-electron chi connectivity index (χ3n) is 6.53. The Labute approximate surface area is 227 Å². The van der Waals surface area contributed by atoms with Crippen molar-refractivity contribution in [3.8, 4) is 11.1 Å². The molecule has 194 valence electrons. The van der Waals surface area contributed by atoms with Crippen LogP contribution < -0.4 is 4.72 Å². The van der Waals surface area contributed by atoms with Crippen LogP contribution in [0.15, 0.2) is 70.9 Å². The zero-order valence-electron chi connectivity index (χ0n) is 22.5. The Bertz CT molecular complexity index is 1390. The van der Waals surface area contributed by atoms with E-state index in [1.807, 2.05) is 38.4 Å². The molecule has 4 aromatic rings. The fourth-order valence-corrected chi connectivity index (χ4v) is 6.26. The van der Waals surface area contributed by atoms with Gasteiger partial charge in [0.2, 0.25) is 5.91 Å². The molecule has 0 saturated heterocycles. The maximum absolute atomic E-state index is 13.1. The molecule has 1 heterocycles. The molecule has 37 heavy (non-hydrogen) atoms. The number of carbonyl (C=O) groups excluding carboxylic acids is 1. The Kier molecular flexibility index (Phi) is 8.63. The minimum absolute atomic E-state index is 0.204. The van der Waals surface area contributed by atoms with Crippen LogP contribution in [0.3, 0.4) is 0 Å². The number of nitrogens with zero attached hydrogens (tertiary/aromatic N) is 1. The number of benzene rings is 3. The summed E-state index contributed by atoms with van der Waals surface area (Å²) in [6.07, 6.45) is 0.204. The number of hydrogen-bond acceptors (Lipinski definition) is 4. The van der Waals surface area contributed by atoms with Crippen LogP contribution in [0.25, 0.3) is 21.2 Å². The van der Waals surface area contributed by atoms with Crippen molar-refractivity contribution >= 4 is 38.3 Å². The second-order valence-electron chi connectivity index (χ2n) is 10.5. The molecule has 4 rings (SSSR count). The van der Waals surface area contributed by atoms with Crippen LogP contribution in [-0.4, -0.2) is 29.1 Å². The van der Waals surface area contributed by atoms with Crippen LogP contribution >= 0.6 is 11.3 Å². The number of carbonyl (C=O) groups is 1. The molecule has 1 atom stereocenters. The molecule has 4 nitrogen and oxygen atoms in total. The van der Waals surface area contributed by atoms with Gasteiger partial charge in [0.1, 0.15) is 0 Å². The Hall–Kier alpha value is -2.80. The first kappa shape index (κ1) is 27.2. The van der Waals surface area contributed by atoms with Crippen molar-refractivity contribution in [3.63, 3.8) is 0 Å². The van der Waals surface area contributed by atoms with E-state index >= 15 is 0 Å². The Morgan fingerprint density at radius 2 is 1.54 bits per heavy atom. The van der Waals surface area contributed by atoms with E-state index in [0.29, 0.717) is 4.90 Å². The van der Waals surface area contributed by atoms with Crippen molar-refractivity contribution in [2.24, 2.45) is 0 Å². The summed E-state index contributed by atoms with van der Waals surface area (Å²) in [6, 6.07) is 20.8. The number of thiophene rings is 1. The molecule has 3 aromatic carbocycles. The van der Waals surface area contributed by atoms with Gasteiger partial charge in [-0.15, -0.1) is 11.3 Å². The van der Waals surface area contributed by atoms with Crippen molar-refractivity contribution < 1.29 is 9.00 Å². The molecular weight excluding hydrogens is 496 g/mol. The van der Waals surface area contributed by atoms with Crippen molar-refractivity contribution in [1.82, 2.24) is 9.62 Å². The van der Waals surface area contributed by atoms with Gasteiger partial charge in [-0.3, -0.25) is 9.52 Å². The fraction of sp³-hybridized carbons (Fsp3) is 0.323. The first-order valence-electron chi connectivity index (χ1n) is 12.7. The molecule has 0 radical (unpaired) electrons. The van der Waals surface area contributed by atoms with Crippen LogP contribution in [0, 0.1) is 0 Å². The van der Waals surface area contributed by atoms with E-state index in [1.54, 1.807) is 11.3 Å². The van der Waals surface area contributed by atoms with E-state index in [4.69, 9.17) is 0 Å². The lowest BCUT2D eigenvalue weighted by Gasteiger charge is -2.22. The highest BCUT2D eigenvalue weighted by Crippen LogP contribution is 2.35. The van der Waals surface area contributed by atoms with Gasteiger partial charge < -0.3 is 4.90 Å². The monoisotopic (exact) mass is 532 g/mol. The maximum Gasteiger partial charge on any atom is 0.236 e. The molecule has 0 aliphatic rings. The van der Waals surface area contributed by atoms with Crippen molar-refractivity contribution in [3.05, 3.63) is 88.3 Å². The normalized spacial score (nSPS) is 12.6. The van der Waals surface area contributed by atoms with Gasteiger partial charge in [-0.05, 0) is 100 Å². The van der Waals surface area contributed by atoms with Gasteiger partial charge in [0.15, 0.2) is 11.0 Å². The minimum atomic E-state index is -1.60. The predicted octanol–water partition coefficient (Wildman–Crippen LogP) is 7.26. The smallest absolute Gasteiger partial charge is 0.236 e. The third-order valence-corrected chi connectivity index (χ3v) is 8.54. The Morgan fingerprint density at radius 3 is 2.14 bits per heavy atom. The lowest BCUT2D eigenvalue weighted by molar-refractivity contribution is -0.118. The van der Waals surface area contributed by atoms with Crippen LogP contribution in [-0.2, 0) is 28.7 Å². The quantitative estimate of drug-likeness (QED) is 0.247. The number of hydrogen-bond donors (Lipinski definition) is 1. The van der Waals surface area contributed by atoms with E-state index in [-0.39, 0.29) is 24.2 Å². The molecule has 0 aliphatic carbocycles. The summed E-state index contributed by atoms with van der Waals surface area (Å²) in [5.41, 5.74) is 6.87. The summed E-state index contributed by atoms with van der Waals surface area (Å²) in [4.78, 5) is 15.8. The standard InChI is InChI=1S/C31H36N2O2S2/c1-20(2)27-16-25(23-9-12-30-24(15-23)13-14-36-30)17-28(21(3)4)29(27)18-31(34)32-37(35)26-10-7-22(8-11-26)19-33(5)6/h7-17,20-21H,18-19H2,1-6H3,(H,32,34). The summed E-state index contributed by atoms with van der Waals surface area (Å²) in [6.45, 7) is 9.48. The van der Waals surface area contributed by atoms with Crippen LogP contribution in [0.1, 0.15) is 61.8 Å². The average molecular weight is 533 g/mol. The average Bonchev–Trinajstić information content (AvgIpc) is 3.31. The molecule has 0 bridgehead atoms. The molecule has 0 spiro atoms. The van der Waals surface area contributed by atoms with Crippen molar-refractivity contribution in [2.75, 3.05) is 14.1 Å². The highest BCUT2D eigenvalue weighted by Gasteiger charge is 2.20. The first-order chi connectivity index (χ1) is 17.6. The Morgan fingerprint density at radius 1 is 0.892 bits per heavy atom. The summed E-state index contributed by atoms with van der Waals surface area (Å²) in [5.74, 6) is 0.270. The number of nitrogens with one attached hydrogen (secondary N) is 1. The molecule has 0 saturated carbocycles. The second kappa shape index (κ2) is 11.7. The van der Waals surface area contributed by atoms with E-state index < -0.39 is 11.0 Å². The van der Waals surface area contributed by atoms with Crippen molar-refractivity contribution in [2.45, 2.75) is 57.4 Å². The van der Waals surface area contributed by atoms with Gasteiger partial charge in [-0.1, -0.05) is 58.0 Å². The highest BCUT2D eigenvalue weighted by atomic mass is 32.2. The predicted molar refractivity (Wildman–Crippen MR) is 158 cm³/mol. The fourth-order valence-electron chi connectivity index (χ4n) is 4.71. The molecular formula is C31H36N2O2S2. The number of fused-ring (bicyclic) bond motifs is 1. The zero-order chi connectivity index (χ0) is 26.7. The largest absolute Gasteiger partial charge is 0.305 e. The van der Waals surface area contributed by atoms with Gasteiger partial charge in [-0.2, -0.15) is 0 Å². The van der Waals surface area contributed by atoms with E-state index in [2.05, 4.69) is 79.1 Å². The van der Waals surface area contributed by atoms with Crippen LogP contribution in [0.4, 0.5) is 0 Å². The van der Waals surface area contributed by atoms with Gasteiger partial charge in [0.05, 0.1) is 11.3 Å². The highest BCUT2D eigenvalue weighted by molar-refractivity contribution is 7.83. The summed E-state index contributed by atoms with van der Waals surface area (Å²) in [5, 5.41) is 3.37. The SMILES string of the molecule is CC(C)c1cc(-c2ccc3sccc3c2)cc(C(C)C)c1CC(=O)NS(=O)c1ccc(CN(C)C)cc1. The van der Waals surface area contributed by atoms with Gasteiger partial charge in [0, 0.05) is 11.2 Å². The summed E-state index contributed by atoms with van der Waals surface area (Å²) >= 11 is 1.75. The minimum Gasteiger partial charge on any atom is -0.305 e. The maximum atomic E-state index is 13.1. The van der Waals surface area contributed by atoms with Gasteiger partial charge in [-0.25, -0.2) is 4.21 Å². The zero-order valence-corrected chi connectivity index (χ0v) is 24.1. The van der Waals surface area contributed by atoms with Gasteiger partial charge in [0.25, 0.3) is 0 Å². The van der Waals surface area contributed by atoms with Crippen LogP contribution in [0.2, 0.25) is 0 Å². The number of rotatable bonds is 9. The molecule has 1 N–H and O–H groups in total. The second-order valence-corrected chi connectivity index (χ2v) is 12.6. The first-order valence-corrected chi connectivity index (χ1v) is 14.7. The van der Waals surface area contributed by atoms with Crippen molar-refractivity contribution in [1.29, 1.82) is 0 Å². The van der Waals surface area contributed by atoms with Crippen LogP contribution in [0.5, 0.6) is 0 Å². The van der Waals surface area contributed by atoms with E-state index in [1.165, 1.54) is 32.3 Å². The molecule has 0 aliphatic heterocycles. The molecule has 1 aromatic heterocycles. The third kappa shape index (κ3) is 6.56. The summed E-state index contributed by atoms with van der Waals surface area (Å²) in [7, 11) is 2.43. The number of amides is 1. The Balaban J connectivity index is 1.60. The van der Waals surface area contributed by atoms with E-state index in [0.717, 1.165) is 17.7 Å². The van der Waals surface area contributed by atoms with Gasteiger partial charge >= 0.3 is 0 Å². The lowest BCUT2D eigenvalue weighted by atomic mass is 9.84. The molecule has 6 heteroatoms. The summed E-state index contributed by atoms with van der Waals surface area (Å²) < 4.78 is 16.9. The van der Waals surface area contributed by atoms with E-state index in [9.17, 15) is 9.00 Å².